The van der Waals surface area contributed by atoms with E-state index >= 15 is 0 Å². The molecule has 0 aromatic heterocycles. The van der Waals surface area contributed by atoms with Crippen LogP contribution in [0.2, 0.25) is 0 Å². The molecule has 0 aliphatic carbocycles. The van der Waals surface area contributed by atoms with Crippen molar-refractivity contribution in [1.29, 1.82) is 0 Å². The Bertz CT molecular complexity index is 835. The molecule has 0 aliphatic heterocycles. The number of ether oxygens (including phenoxy) is 3. The Morgan fingerprint density at radius 1 is 0.893 bits per heavy atom. The largest absolute Gasteiger partial charge is 0.497 e. The highest BCUT2D eigenvalue weighted by Gasteiger charge is 2.17. The van der Waals surface area contributed by atoms with Crippen LogP contribution in [0.5, 0.6) is 5.75 Å². The Morgan fingerprint density at radius 2 is 1.46 bits per heavy atom. The smallest absolute Gasteiger partial charge is 0.412 e. The molecule has 0 atom stereocenters. The summed E-state index contributed by atoms with van der Waals surface area (Å²) in [6.07, 6.45) is -0.590. The standard InChI is InChI=1S/C21H23NO6/c1-21(2,3)28-20(25)22-16-9-5-15(6-10-16)19(24)27-13-18(23)14-7-11-17(26-4)12-8-14/h5-12H,13H2,1-4H3,(H,22,25). The number of Topliss-reactive ketones (excluding diaryl/α,β-unsaturated/α-hetero) is 1. The van der Waals surface area contributed by atoms with Crippen molar-refractivity contribution in [3.63, 3.8) is 0 Å². The van der Waals surface area contributed by atoms with Crippen molar-refractivity contribution in [3.8, 4) is 5.75 Å². The van der Waals surface area contributed by atoms with Gasteiger partial charge in [-0.3, -0.25) is 10.1 Å². The lowest BCUT2D eigenvalue weighted by Crippen LogP contribution is -2.27. The second-order valence-electron chi connectivity index (χ2n) is 6.93. The van der Waals surface area contributed by atoms with Gasteiger partial charge in [0.1, 0.15) is 11.4 Å². The zero-order valence-corrected chi connectivity index (χ0v) is 16.3. The van der Waals surface area contributed by atoms with Crippen LogP contribution in [-0.4, -0.2) is 37.2 Å². The molecule has 2 aromatic rings. The van der Waals surface area contributed by atoms with Gasteiger partial charge in [-0.25, -0.2) is 9.59 Å². The van der Waals surface area contributed by atoms with Crippen molar-refractivity contribution in [2.75, 3.05) is 19.0 Å². The van der Waals surface area contributed by atoms with Gasteiger partial charge in [0.05, 0.1) is 12.7 Å². The fourth-order valence-corrected chi connectivity index (χ4v) is 2.19. The average Bonchev–Trinajstić information content (AvgIpc) is 2.65. The van der Waals surface area contributed by atoms with Crippen molar-refractivity contribution in [1.82, 2.24) is 0 Å². The van der Waals surface area contributed by atoms with Crippen molar-refractivity contribution in [2.24, 2.45) is 0 Å². The fourth-order valence-electron chi connectivity index (χ4n) is 2.19. The molecule has 0 unspecified atom stereocenters. The van der Waals surface area contributed by atoms with Crippen molar-refractivity contribution < 1.29 is 28.6 Å². The molecule has 0 saturated carbocycles. The van der Waals surface area contributed by atoms with E-state index in [1.165, 1.54) is 19.2 Å². The highest BCUT2D eigenvalue weighted by Crippen LogP contribution is 2.15. The molecule has 7 nitrogen and oxygen atoms in total. The predicted octanol–water partition coefficient (Wildman–Crippen LogP) is 4.08. The van der Waals surface area contributed by atoms with Gasteiger partial charge in [-0.1, -0.05) is 0 Å². The summed E-state index contributed by atoms with van der Waals surface area (Å²) in [7, 11) is 1.53. The van der Waals surface area contributed by atoms with Gasteiger partial charge >= 0.3 is 12.1 Å². The summed E-state index contributed by atoms with van der Waals surface area (Å²) in [5, 5.41) is 2.57. The summed E-state index contributed by atoms with van der Waals surface area (Å²) in [5.74, 6) is -0.321. The third-order valence-corrected chi connectivity index (χ3v) is 3.51. The second kappa shape index (κ2) is 9.03. The van der Waals surface area contributed by atoms with Crippen molar-refractivity contribution in [3.05, 3.63) is 59.7 Å². The summed E-state index contributed by atoms with van der Waals surface area (Å²) < 4.78 is 15.2. The van der Waals surface area contributed by atoms with Gasteiger partial charge in [-0.05, 0) is 69.3 Å². The highest BCUT2D eigenvalue weighted by atomic mass is 16.6. The van der Waals surface area contributed by atoms with Gasteiger partial charge < -0.3 is 14.2 Å². The molecular formula is C21H23NO6. The zero-order chi connectivity index (χ0) is 20.7. The fraction of sp³-hybridized carbons (Fsp3) is 0.286. The van der Waals surface area contributed by atoms with Gasteiger partial charge in [0, 0.05) is 11.3 Å². The second-order valence-corrected chi connectivity index (χ2v) is 6.93. The summed E-state index contributed by atoms with van der Waals surface area (Å²) in [6.45, 7) is 4.92. The maximum atomic E-state index is 12.1. The third kappa shape index (κ3) is 6.42. The number of benzene rings is 2. The summed E-state index contributed by atoms with van der Waals surface area (Å²) in [5.41, 5.74) is 0.549. The van der Waals surface area contributed by atoms with Crippen LogP contribution in [-0.2, 0) is 9.47 Å². The first-order chi connectivity index (χ1) is 13.2. The maximum Gasteiger partial charge on any atom is 0.412 e. The van der Waals surface area contributed by atoms with Crippen LogP contribution in [0.15, 0.2) is 48.5 Å². The quantitative estimate of drug-likeness (QED) is 0.595. The van der Waals surface area contributed by atoms with E-state index in [9.17, 15) is 14.4 Å². The van der Waals surface area contributed by atoms with E-state index in [4.69, 9.17) is 14.2 Å². The van der Waals surface area contributed by atoms with Crippen LogP contribution in [0.25, 0.3) is 0 Å². The van der Waals surface area contributed by atoms with Crippen LogP contribution < -0.4 is 10.1 Å². The SMILES string of the molecule is COc1ccc(C(=O)COC(=O)c2ccc(NC(=O)OC(C)(C)C)cc2)cc1. The number of rotatable bonds is 6. The number of hydrogen-bond acceptors (Lipinski definition) is 6. The highest BCUT2D eigenvalue weighted by molar-refractivity contribution is 5.99. The summed E-state index contributed by atoms with van der Waals surface area (Å²) in [4.78, 5) is 35.9. The van der Waals surface area contributed by atoms with Crippen LogP contribution in [0.1, 0.15) is 41.5 Å². The van der Waals surface area contributed by atoms with E-state index in [2.05, 4.69) is 5.32 Å². The molecule has 148 valence electrons. The van der Waals surface area contributed by atoms with Gasteiger partial charge in [0.2, 0.25) is 0 Å². The minimum absolute atomic E-state index is 0.261. The molecule has 7 heteroatoms. The number of nitrogens with one attached hydrogen (secondary N) is 1. The first-order valence-electron chi connectivity index (χ1n) is 8.62. The molecule has 2 aromatic carbocycles. The zero-order valence-electron chi connectivity index (χ0n) is 16.3. The third-order valence-electron chi connectivity index (χ3n) is 3.51. The summed E-state index contributed by atoms with van der Waals surface area (Å²) in [6, 6.07) is 12.6. The lowest BCUT2D eigenvalue weighted by Gasteiger charge is -2.19. The van der Waals surface area contributed by atoms with Gasteiger partial charge in [-0.15, -0.1) is 0 Å². The maximum absolute atomic E-state index is 12.1. The van der Waals surface area contributed by atoms with Crippen LogP contribution in [0, 0.1) is 0 Å². The summed E-state index contributed by atoms with van der Waals surface area (Å²) >= 11 is 0. The number of amides is 1. The Kier molecular flexibility index (Phi) is 6.76. The van der Waals surface area contributed by atoms with E-state index < -0.39 is 17.7 Å². The molecule has 1 N–H and O–H groups in total. The Labute approximate surface area is 163 Å². The van der Waals surface area contributed by atoms with Crippen LogP contribution >= 0.6 is 0 Å². The first-order valence-corrected chi connectivity index (χ1v) is 8.62. The Hall–Kier alpha value is -3.35. The monoisotopic (exact) mass is 385 g/mol. The molecule has 0 bridgehead atoms. The number of carbonyl (C=O) groups excluding carboxylic acids is 3. The minimum atomic E-state index is -0.634. The van der Waals surface area contributed by atoms with Gasteiger partial charge in [-0.2, -0.15) is 0 Å². The van der Waals surface area contributed by atoms with Crippen molar-refractivity contribution >= 4 is 23.5 Å². The molecule has 0 radical (unpaired) electrons. The van der Waals surface area contributed by atoms with Crippen LogP contribution in [0.3, 0.4) is 0 Å². The van der Waals surface area contributed by atoms with E-state index in [1.54, 1.807) is 57.2 Å². The van der Waals surface area contributed by atoms with Gasteiger partial charge in [0.15, 0.2) is 12.4 Å². The molecule has 28 heavy (non-hydrogen) atoms. The first kappa shape index (κ1) is 21.0. The lowest BCUT2D eigenvalue weighted by atomic mass is 10.1. The van der Waals surface area contributed by atoms with Crippen LogP contribution in [0.4, 0.5) is 10.5 Å². The number of carbonyl (C=O) groups is 3. The van der Waals surface area contributed by atoms with E-state index in [0.717, 1.165) is 0 Å². The molecule has 0 spiro atoms. The number of hydrogen-bond donors (Lipinski definition) is 1. The molecule has 1 amide bonds. The van der Waals surface area contributed by atoms with E-state index in [1.807, 2.05) is 0 Å². The lowest BCUT2D eigenvalue weighted by molar-refractivity contribution is 0.0474. The molecule has 2 rings (SSSR count). The Balaban J connectivity index is 1.88. The average molecular weight is 385 g/mol. The molecule has 0 fully saturated rings. The molecule has 0 heterocycles. The number of esters is 1. The normalized spacial score (nSPS) is 10.7. The van der Waals surface area contributed by atoms with Gasteiger partial charge in [0.25, 0.3) is 0 Å². The van der Waals surface area contributed by atoms with E-state index in [0.29, 0.717) is 17.0 Å². The van der Waals surface area contributed by atoms with E-state index in [-0.39, 0.29) is 18.0 Å². The minimum Gasteiger partial charge on any atom is -0.497 e. The number of ketones is 1. The number of methoxy groups -OCH3 is 1. The Morgan fingerprint density at radius 3 is 2.00 bits per heavy atom. The topological polar surface area (TPSA) is 90.9 Å². The number of anilines is 1. The van der Waals surface area contributed by atoms with Crippen molar-refractivity contribution in [2.45, 2.75) is 26.4 Å². The molecule has 0 aliphatic rings. The molecule has 0 saturated heterocycles. The molecular weight excluding hydrogens is 362 g/mol. The predicted molar refractivity (Wildman–Crippen MR) is 104 cm³/mol.